The van der Waals surface area contributed by atoms with E-state index in [1.165, 1.54) is 0 Å². The van der Waals surface area contributed by atoms with Crippen molar-refractivity contribution in [3.8, 4) is 0 Å². The van der Waals surface area contributed by atoms with Gasteiger partial charge in [0.1, 0.15) is 5.15 Å². The molecule has 0 amide bonds. The Morgan fingerprint density at radius 3 is 2.52 bits per heavy atom. The van der Waals surface area contributed by atoms with Crippen molar-refractivity contribution in [2.45, 2.75) is 38.6 Å². The van der Waals surface area contributed by atoms with Crippen molar-refractivity contribution in [3.63, 3.8) is 0 Å². The summed E-state index contributed by atoms with van der Waals surface area (Å²) in [6, 6.07) is 5.63. The molecule has 21 heavy (non-hydrogen) atoms. The Balaban J connectivity index is 2.27. The molecule has 1 atom stereocenters. The molecule has 2 aromatic rings. The topological polar surface area (TPSA) is 17.8 Å². The van der Waals surface area contributed by atoms with Crippen molar-refractivity contribution in [3.05, 3.63) is 50.4 Å². The van der Waals surface area contributed by atoms with Gasteiger partial charge in [-0.2, -0.15) is 0 Å². The molecule has 0 saturated heterocycles. The molecule has 2 nitrogen and oxygen atoms in total. The average Bonchev–Trinajstić information content (AvgIpc) is 2.75. The van der Waals surface area contributed by atoms with Crippen LogP contribution in [0.5, 0.6) is 0 Å². The molecule has 0 saturated carbocycles. The van der Waals surface area contributed by atoms with Gasteiger partial charge in [-0.3, -0.25) is 0 Å². The van der Waals surface area contributed by atoms with E-state index in [9.17, 15) is 0 Å². The molecule has 0 radical (unpaired) electrons. The molecule has 0 aliphatic rings. The van der Waals surface area contributed by atoms with Crippen LogP contribution in [0.25, 0.3) is 0 Å². The highest BCUT2D eigenvalue weighted by Crippen LogP contribution is 2.33. The van der Waals surface area contributed by atoms with E-state index in [2.05, 4.69) is 11.9 Å². The van der Waals surface area contributed by atoms with E-state index < -0.39 is 0 Å². The highest BCUT2D eigenvalue weighted by molar-refractivity contribution is 6.40. The lowest BCUT2D eigenvalue weighted by molar-refractivity contribution is 0.505. The highest BCUT2D eigenvalue weighted by atomic mass is 35.5. The molecule has 1 aromatic heterocycles. The second-order valence-electron chi connectivity index (χ2n) is 4.98. The maximum atomic E-state index is 6.35. The number of hydrogen-bond donors (Lipinski definition) is 0. The van der Waals surface area contributed by atoms with E-state index in [-0.39, 0.29) is 5.92 Å². The molecule has 2 rings (SSSR count). The molecule has 6 heteroatoms. The Morgan fingerprint density at radius 2 is 1.95 bits per heavy atom. The summed E-state index contributed by atoms with van der Waals surface area (Å²) in [6.45, 7) is 2.86. The van der Waals surface area contributed by atoms with Crippen LogP contribution in [0.1, 0.15) is 37.7 Å². The lowest BCUT2D eigenvalue weighted by atomic mass is 9.93. The first kappa shape index (κ1) is 17.0. The molecule has 0 aliphatic carbocycles. The Bertz CT molecular complexity index is 610. The van der Waals surface area contributed by atoms with Crippen molar-refractivity contribution < 1.29 is 0 Å². The summed E-state index contributed by atoms with van der Waals surface area (Å²) in [6.07, 6.45) is 4.92. The molecule has 0 fully saturated rings. The fourth-order valence-corrected chi connectivity index (χ4v) is 3.21. The molecule has 0 bridgehead atoms. The van der Waals surface area contributed by atoms with Crippen molar-refractivity contribution in [1.29, 1.82) is 0 Å². The number of aromatic nitrogens is 2. The van der Waals surface area contributed by atoms with Crippen molar-refractivity contribution in [2.75, 3.05) is 0 Å². The van der Waals surface area contributed by atoms with Gasteiger partial charge in [0.05, 0.1) is 6.33 Å². The van der Waals surface area contributed by atoms with E-state index in [0.717, 1.165) is 24.8 Å². The number of benzene rings is 1. The number of rotatable bonds is 6. The fraction of sp³-hybridized carbons (Fsp3) is 0.400. The van der Waals surface area contributed by atoms with Gasteiger partial charge in [0.15, 0.2) is 5.15 Å². The van der Waals surface area contributed by atoms with Gasteiger partial charge >= 0.3 is 0 Å². The van der Waals surface area contributed by atoms with Gasteiger partial charge in [-0.1, -0.05) is 72.2 Å². The van der Waals surface area contributed by atoms with Crippen molar-refractivity contribution in [1.82, 2.24) is 9.55 Å². The third-order valence-electron chi connectivity index (χ3n) is 3.46. The largest absolute Gasteiger partial charge is 0.320 e. The minimum absolute atomic E-state index is 0.248. The Hall–Kier alpha value is -0.410. The van der Waals surface area contributed by atoms with Gasteiger partial charge in [0.25, 0.3) is 0 Å². The Labute approximate surface area is 145 Å². The van der Waals surface area contributed by atoms with Gasteiger partial charge in [-0.25, -0.2) is 4.98 Å². The number of hydrogen-bond acceptors (Lipinski definition) is 1. The maximum absolute atomic E-state index is 6.35. The van der Waals surface area contributed by atoms with Crippen molar-refractivity contribution in [2.24, 2.45) is 0 Å². The molecular formula is C15H16Cl4N2. The first-order valence-corrected chi connectivity index (χ1v) is 8.35. The van der Waals surface area contributed by atoms with Crippen LogP contribution in [-0.2, 0) is 6.54 Å². The summed E-state index contributed by atoms with van der Waals surface area (Å²) in [7, 11) is 0. The van der Waals surface area contributed by atoms with Crippen LogP contribution in [0.3, 0.4) is 0 Å². The number of imidazole rings is 1. The first-order chi connectivity index (χ1) is 10.0. The summed E-state index contributed by atoms with van der Waals surface area (Å²) < 4.78 is 1.86. The maximum Gasteiger partial charge on any atom is 0.166 e. The zero-order chi connectivity index (χ0) is 15.4. The second-order valence-corrected chi connectivity index (χ2v) is 6.54. The van der Waals surface area contributed by atoms with Crippen LogP contribution >= 0.6 is 46.4 Å². The molecule has 0 aliphatic heterocycles. The summed E-state index contributed by atoms with van der Waals surface area (Å²) in [5.41, 5.74) is 1.08. The first-order valence-electron chi connectivity index (χ1n) is 6.84. The molecule has 1 aromatic carbocycles. The summed E-state index contributed by atoms with van der Waals surface area (Å²) in [4.78, 5) is 4.02. The van der Waals surface area contributed by atoms with Gasteiger partial charge in [0, 0.05) is 22.5 Å². The van der Waals surface area contributed by atoms with Crippen LogP contribution in [0.4, 0.5) is 0 Å². The average molecular weight is 366 g/mol. The number of unbranched alkanes of at least 4 members (excludes halogenated alkanes) is 1. The van der Waals surface area contributed by atoms with E-state index in [0.29, 0.717) is 26.9 Å². The zero-order valence-electron chi connectivity index (χ0n) is 11.6. The van der Waals surface area contributed by atoms with E-state index in [1.807, 2.05) is 16.7 Å². The summed E-state index contributed by atoms with van der Waals surface area (Å²) in [5, 5.41) is 2.11. The molecule has 1 heterocycles. The fourth-order valence-electron chi connectivity index (χ4n) is 2.34. The van der Waals surface area contributed by atoms with Crippen molar-refractivity contribution >= 4 is 46.4 Å². The van der Waals surface area contributed by atoms with Gasteiger partial charge in [0.2, 0.25) is 0 Å². The van der Waals surface area contributed by atoms with Crippen LogP contribution in [0.15, 0.2) is 24.5 Å². The smallest absolute Gasteiger partial charge is 0.166 e. The van der Waals surface area contributed by atoms with E-state index in [1.54, 1.807) is 12.4 Å². The van der Waals surface area contributed by atoms with Crippen LogP contribution in [-0.4, -0.2) is 9.55 Å². The zero-order valence-corrected chi connectivity index (χ0v) is 14.6. The predicted molar refractivity (Wildman–Crippen MR) is 91.0 cm³/mol. The predicted octanol–water partition coefficient (Wildman–Crippen LogP) is 6.47. The number of halogens is 4. The molecule has 1 unspecified atom stereocenters. The molecule has 114 valence electrons. The normalized spacial score (nSPS) is 12.6. The second kappa shape index (κ2) is 7.73. The summed E-state index contributed by atoms with van der Waals surface area (Å²) >= 11 is 24.4. The third-order valence-corrected chi connectivity index (χ3v) is 4.79. The van der Waals surface area contributed by atoms with Crippen LogP contribution in [0, 0.1) is 0 Å². The molecule has 0 spiro atoms. The molecular weight excluding hydrogens is 350 g/mol. The molecule has 0 N–H and O–H groups in total. The van der Waals surface area contributed by atoms with Crippen LogP contribution in [0.2, 0.25) is 20.4 Å². The van der Waals surface area contributed by atoms with E-state index >= 15 is 0 Å². The Morgan fingerprint density at radius 1 is 1.19 bits per heavy atom. The lowest BCUT2D eigenvalue weighted by Gasteiger charge is -2.19. The lowest BCUT2D eigenvalue weighted by Crippen LogP contribution is -2.09. The summed E-state index contributed by atoms with van der Waals surface area (Å²) in [5.74, 6) is 0.248. The standard InChI is InChI=1S/C15H16Cl4N2/c1-2-3-4-10(8-21-9-20-14(18)15(21)19)12-6-5-11(16)7-13(12)17/h5-7,9-10H,2-4,8H2,1H3. The van der Waals surface area contributed by atoms with Crippen LogP contribution < -0.4 is 0 Å². The van der Waals surface area contributed by atoms with Gasteiger partial charge < -0.3 is 4.57 Å². The SMILES string of the molecule is CCCCC(Cn1cnc(Cl)c1Cl)c1ccc(Cl)cc1Cl. The minimum atomic E-state index is 0.248. The monoisotopic (exact) mass is 364 g/mol. The van der Waals surface area contributed by atoms with Gasteiger partial charge in [-0.05, 0) is 24.1 Å². The Kier molecular flexibility index (Phi) is 6.24. The quantitative estimate of drug-likeness (QED) is 0.573. The third kappa shape index (κ3) is 4.29. The number of nitrogens with zero attached hydrogens (tertiary/aromatic N) is 2. The van der Waals surface area contributed by atoms with E-state index in [4.69, 9.17) is 46.4 Å². The van der Waals surface area contributed by atoms with Gasteiger partial charge in [-0.15, -0.1) is 0 Å². The highest BCUT2D eigenvalue weighted by Gasteiger charge is 2.18. The minimum Gasteiger partial charge on any atom is -0.320 e.